The van der Waals surface area contributed by atoms with E-state index < -0.39 is 23.8 Å². The Morgan fingerprint density at radius 2 is 1.89 bits per heavy atom. The topological polar surface area (TPSA) is 53.5 Å². The Bertz CT molecular complexity index is 855. The Balaban J connectivity index is 1.72. The SMILES string of the molecule is CN(C(=O)Cc1cccc(C(F)(F)F)n1)C1CCCN(c2ccccc2)C1=O. The lowest BCUT2D eigenvalue weighted by Gasteiger charge is -2.36. The van der Waals surface area contributed by atoms with Gasteiger partial charge in [0.1, 0.15) is 11.7 Å². The number of alkyl halides is 3. The molecule has 1 saturated heterocycles. The zero-order valence-electron chi connectivity index (χ0n) is 15.3. The largest absolute Gasteiger partial charge is 0.433 e. The smallest absolute Gasteiger partial charge is 0.333 e. The summed E-state index contributed by atoms with van der Waals surface area (Å²) in [6.45, 7) is 0.566. The molecule has 0 spiro atoms. The van der Waals surface area contributed by atoms with Crippen LogP contribution in [0.1, 0.15) is 24.2 Å². The number of pyridine rings is 1. The van der Waals surface area contributed by atoms with Gasteiger partial charge in [0.15, 0.2) is 0 Å². The van der Waals surface area contributed by atoms with Crippen LogP contribution in [0, 0.1) is 0 Å². The molecule has 1 aliphatic rings. The minimum absolute atomic E-state index is 0.0230. The van der Waals surface area contributed by atoms with Crippen LogP contribution in [0.2, 0.25) is 0 Å². The number of para-hydroxylation sites is 1. The van der Waals surface area contributed by atoms with Crippen molar-refractivity contribution in [2.75, 3.05) is 18.5 Å². The van der Waals surface area contributed by atoms with E-state index in [4.69, 9.17) is 0 Å². The minimum Gasteiger partial charge on any atom is -0.333 e. The van der Waals surface area contributed by atoms with Crippen molar-refractivity contribution < 1.29 is 22.8 Å². The molecule has 1 unspecified atom stereocenters. The fraction of sp³-hybridized carbons (Fsp3) is 0.350. The monoisotopic (exact) mass is 391 g/mol. The van der Waals surface area contributed by atoms with Crippen LogP contribution in [0.4, 0.5) is 18.9 Å². The second-order valence-corrected chi connectivity index (χ2v) is 6.68. The fourth-order valence-corrected chi connectivity index (χ4v) is 3.27. The summed E-state index contributed by atoms with van der Waals surface area (Å²) >= 11 is 0. The van der Waals surface area contributed by atoms with Crippen LogP contribution in [-0.2, 0) is 22.2 Å². The number of aromatic nitrogens is 1. The molecule has 1 fully saturated rings. The van der Waals surface area contributed by atoms with E-state index in [2.05, 4.69) is 4.98 Å². The third kappa shape index (κ3) is 4.32. The van der Waals surface area contributed by atoms with Gasteiger partial charge in [-0.15, -0.1) is 0 Å². The van der Waals surface area contributed by atoms with Crippen LogP contribution < -0.4 is 4.90 Å². The van der Waals surface area contributed by atoms with Crippen molar-refractivity contribution in [1.29, 1.82) is 0 Å². The zero-order valence-corrected chi connectivity index (χ0v) is 15.3. The molecule has 0 aliphatic carbocycles. The maximum absolute atomic E-state index is 12.9. The molecule has 1 aromatic heterocycles. The minimum atomic E-state index is -4.57. The molecule has 8 heteroatoms. The summed E-state index contributed by atoms with van der Waals surface area (Å²) in [4.78, 5) is 32.0. The van der Waals surface area contributed by atoms with Gasteiger partial charge in [-0.25, -0.2) is 4.98 Å². The molecule has 0 radical (unpaired) electrons. The molecule has 148 valence electrons. The lowest BCUT2D eigenvalue weighted by Crippen LogP contribution is -2.53. The van der Waals surface area contributed by atoms with E-state index in [0.717, 1.165) is 18.2 Å². The molecular formula is C20H20F3N3O2. The highest BCUT2D eigenvalue weighted by atomic mass is 19.4. The van der Waals surface area contributed by atoms with Crippen molar-refractivity contribution in [2.24, 2.45) is 0 Å². The number of nitrogens with zero attached hydrogens (tertiary/aromatic N) is 3. The number of benzene rings is 1. The van der Waals surface area contributed by atoms with Gasteiger partial charge in [0.25, 0.3) is 0 Å². The number of hydrogen-bond donors (Lipinski definition) is 0. The molecule has 28 heavy (non-hydrogen) atoms. The first-order valence-electron chi connectivity index (χ1n) is 8.92. The molecule has 2 aromatic rings. The average Bonchev–Trinajstić information content (AvgIpc) is 2.68. The Labute approximate surface area is 160 Å². The van der Waals surface area contributed by atoms with Crippen molar-refractivity contribution in [3.05, 3.63) is 59.9 Å². The Morgan fingerprint density at radius 1 is 1.18 bits per heavy atom. The van der Waals surface area contributed by atoms with E-state index in [1.807, 2.05) is 30.3 Å². The van der Waals surface area contributed by atoms with E-state index in [1.54, 1.807) is 4.90 Å². The molecule has 3 rings (SSSR count). The molecule has 1 aromatic carbocycles. The molecule has 0 saturated carbocycles. The van der Waals surface area contributed by atoms with Crippen LogP contribution in [-0.4, -0.2) is 41.3 Å². The third-order valence-corrected chi connectivity index (χ3v) is 4.77. The maximum Gasteiger partial charge on any atom is 0.433 e. The van der Waals surface area contributed by atoms with Gasteiger partial charge < -0.3 is 9.80 Å². The summed E-state index contributed by atoms with van der Waals surface area (Å²) in [6, 6.07) is 12.0. The first-order valence-corrected chi connectivity index (χ1v) is 8.92. The van der Waals surface area contributed by atoms with Gasteiger partial charge in [-0.2, -0.15) is 13.2 Å². The lowest BCUT2D eigenvalue weighted by atomic mass is 10.0. The molecule has 5 nitrogen and oxygen atoms in total. The summed E-state index contributed by atoms with van der Waals surface area (Å²) in [5.74, 6) is -0.634. The standard InChI is InChI=1S/C20H20F3N3O2/c1-25(18(27)13-14-7-5-11-17(24-14)20(21,22)23)16-10-6-12-26(19(16)28)15-8-3-2-4-9-15/h2-5,7-9,11,16H,6,10,12-13H2,1H3. The first kappa shape index (κ1) is 19.9. The highest BCUT2D eigenvalue weighted by Crippen LogP contribution is 2.28. The number of carbonyl (C=O) groups excluding carboxylic acids is 2. The van der Waals surface area contributed by atoms with E-state index in [-0.39, 0.29) is 18.0 Å². The van der Waals surface area contributed by atoms with Crippen molar-refractivity contribution in [3.63, 3.8) is 0 Å². The number of hydrogen-bond acceptors (Lipinski definition) is 3. The third-order valence-electron chi connectivity index (χ3n) is 4.77. The van der Waals surface area contributed by atoms with Crippen LogP contribution in [0.3, 0.4) is 0 Å². The normalized spacial score (nSPS) is 17.5. The van der Waals surface area contributed by atoms with Crippen molar-refractivity contribution in [3.8, 4) is 0 Å². The van der Waals surface area contributed by atoms with Crippen LogP contribution in [0.25, 0.3) is 0 Å². The molecule has 2 heterocycles. The number of carbonyl (C=O) groups is 2. The number of anilines is 1. The highest BCUT2D eigenvalue weighted by Gasteiger charge is 2.35. The predicted octanol–water partition coefficient (Wildman–Crippen LogP) is 3.30. The quantitative estimate of drug-likeness (QED) is 0.804. The van der Waals surface area contributed by atoms with E-state index in [9.17, 15) is 22.8 Å². The van der Waals surface area contributed by atoms with Gasteiger partial charge in [-0.3, -0.25) is 9.59 Å². The van der Waals surface area contributed by atoms with Crippen LogP contribution in [0.5, 0.6) is 0 Å². The van der Waals surface area contributed by atoms with Crippen molar-refractivity contribution >= 4 is 17.5 Å². The van der Waals surface area contributed by atoms with Gasteiger partial charge >= 0.3 is 6.18 Å². The van der Waals surface area contributed by atoms with Crippen molar-refractivity contribution in [1.82, 2.24) is 9.88 Å². The predicted molar refractivity (Wildman–Crippen MR) is 97.5 cm³/mol. The van der Waals surface area contributed by atoms with E-state index in [1.165, 1.54) is 24.1 Å². The van der Waals surface area contributed by atoms with Gasteiger partial charge in [0, 0.05) is 19.3 Å². The number of rotatable bonds is 4. The number of likely N-dealkylation sites (N-methyl/N-ethyl adjacent to an activating group) is 1. The average molecular weight is 391 g/mol. The highest BCUT2D eigenvalue weighted by molar-refractivity contribution is 5.99. The van der Waals surface area contributed by atoms with Crippen molar-refractivity contribution in [2.45, 2.75) is 31.5 Å². The number of piperidine rings is 1. The second kappa shape index (κ2) is 8.00. The zero-order chi connectivity index (χ0) is 20.3. The first-order chi connectivity index (χ1) is 13.3. The molecule has 1 atom stereocenters. The number of halogens is 3. The fourth-order valence-electron chi connectivity index (χ4n) is 3.27. The van der Waals surface area contributed by atoms with Gasteiger partial charge in [-0.05, 0) is 37.1 Å². The summed E-state index contributed by atoms with van der Waals surface area (Å²) in [5.41, 5.74) is -0.253. The Kier molecular flexibility index (Phi) is 5.67. The molecule has 2 amide bonds. The summed E-state index contributed by atoms with van der Waals surface area (Å²) < 4.78 is 38.4. The maximum atomic E-state index is 12.9. The van der Waals surface area contributed by atoms with E-state index in [0.29, 0.717) is 13.0 Å². The Hall–Kier alpha value is -2.90. The summed E-state index contributed by atoms with van der Waals surface area (Å²) in [6.07, 6.45) is -3.62. The Morgan fingerprint density at radius 3 is 2.57 bits per heavy atom. The number of amides is 2. The molecule has 0 bridgehead atoms. The summed E-state index contributed by atoms with van der Waals surface area (Å²) in [7, 11) is 1.51. The van der Waals surface area contributed by atoms with Gasteiger partial charge in [0.05, 0.1) is 12.1 Å². The second-order valence-electron chi connectivity index (χ2n) is 6.68. The van der Waals surface area contributed by atoms with E-state index >= 15 is 0 Å². The van der Waals surface area contributed by atoms with Gasteiger partial charge in [0.2, 0.25) is 11.8 Å². The molecule has 0 N–H and O–H groups in total. The van der Waals surface area contributed by atoms with Crippen LogP contribution >= 0.6 is 0 Å². The van der Waals surface area contributed by atoms with Gasteiger partial charge in [-0.1, -0.05) is 24.3 Å². The molecule has 1 aliphatic heterocycles. The lowest BCUT2D eigenvalue weighted by molar-refractivity contribution is -0.141. The van der Waals surface area contributed by atoms with Crippen LogP contribution in [0.15, 0.2) is 48.5 Å². The summed E-state index contributed by atoms with van der Waals surface area (Å²) in [5, 5.41) is 0. The molecular weight excluding hydrogens is 371 g/mol.